The molecule has 1 fully saturated rings. The summed E-state index contributed by atoms with van der Waals surface area (Å²) in [6.07, 6.45) is 11.8. The molecular weight excluding hydrogens is 258 g/mol. The van der Waals surface area contributed by atoms with E-state index in [0.717, 1.165) is 13.1 Å². The van der Waals surface area contributed by atoms with Crippen molar-refractivity contribution in [3.63, 3.8) is 0 Å². The lowest BCUT2D eigenvalue weighted by molar-refractivity contribution is 0.241. The molecule has 1 aliphatic heterocycles. The standard InChI is InChI=1S/C11H31N9/c1-2-4-6-8-10-12-14-16-18-20-19-17-15-13-11-9-7-5-3-1/h12-20H,1-11H2. The van der Waals surface area contributed by atoms with Crippen molar-refractivity contribution in [1.82, 2.24) is 49.6 Å². The summed E-state index contributed by atoms with van der Waals surface area (Å²) in [7, 11) is 0. The van der Waals surface area contributed by atoms with Gasteiger partial charge in [-0.2, -0.15) is 38.7 Å². The molecule has 0 atom stereocenters. The summed E-state index contributed by atoms with van der Waals surface area (Å²) < 4.78 is 0. The van der Waals surface area contributed by atoms with Crippen LogP contribution in [-0.4, -0.2) is 13.1 Å². The highest BCUT2D eigenvalue weighted by Crippen LogP contribution is 2.09. The Labute approximate surface area is 121 Å². The van der Waals surface area contributed by atoms with E-state index in [2.05, 4.69) is 49.6 Å². The molecule has 9 heteroatoms. The van der Waals surface area contributed by atoms with Crippen LogP contribution < -0.4 is 49.6 Å². The van der Waals surface area contributed by atoms with Crippen LogP contribution in [0.4, 0.5) is 0 Å². The first-order valence-corrected chi connectivity index (χ1v) is 7.71. The number of nitrogens with one attached hydrogen (secondary N) is 9. The van der Waals surface area contributed by atoms with E-state index in [-0.39, 0.29) is 0 Å². The molecule has 0 aromatic heterocycles. The fraction of sp³-hybridized carbons (Fsp3) is 1.00. The molecule has 9 N–H and O–H groups in total. The van der Waals surface area contributed by atoms with Gasteiger partial charge in [0.05, 0.1) is 0 Å². The number of rotatable bonds is 0. The molecule has 20 heavy (non-hydrogen) atoms. The van der Waals surface area contributed by atoms with Crippen molar-refractivity contribution < 1.29 is 0 Å². The lowest BCUT2D eigenvalue weighted by atomic mass is 10.1. The minimum absolute atomic E-state index is 0.950. The van der Waals surface area contributed by atoms with Crippen molar-refractivity contribution >= 4 is 0 Å². The van der Waals surface area contributed by atoms with Crippen molar-refractivity contribution in [2.45, 2.75) is 57.8 Å². The molecule has 1 rings (SSSR count). The summed E-state index contributed by atoms with van der Waals surface area (Å²) in [5.41, 5.74) is 25.3. The molecule has 0 amide bonds. The largest absolute Gasteiger partial charge is 0.243 e. The van der Waals surface area contributed by atoms with Gasteiger partial charge in [-0.05, 0) is 12.8 Å². The highest BCUT2D eigenvalue weighted by Gasteiger charge is 1.93. The zero-order chi connectivity index (χ0) is 14.1. The van der Waals surface area contributed by atoms with Crippen LogP contribution in [-0.2, 0) is 0 Å². The minimum atomic E-state index is 0.950. The van der Waals surface area contributed by atoms with Gasteiger partial charge >= 0.3 is 0 Å². The summed E-state index contributed by atoms with van der Waals surface area (Å²) in [5.74, 6) is 0. The predicted molar refractivity (Wildman–Crippen MR) is 79.5 cm³/mol. The molecule has 1 saturated heterocycles. The number of hydrogen-bond acceptors (Lipinski definition) is 9. The van der Waals surface area contributed by atoms with Crippen LogP contribution in [0, 0.1) is 0 Å². The van der Waals surface area contributed by atoms with E-state index in [9.17, 15) is 0 Å². The molecule has 0 unspecified atom stereocenters. The van der Waals surface area contributed by atoms with E-state index in [4.69, 9.17) is 0 Å². The maximum absolute atomic E-state index is 3.07. The third kappa shape index (κ3) is 12.7. The molecule has 120 valence electrons. The smallest absolute Gasteiger partial charge is 0.0113 e. The Morgan fingerprint density at radius 3 is 1.00 bits per heavy atom. The van der Waals surface area contributed by atoms with E-state index >= 15 is 0 Å². The minimum Gasteiger partial charge on any atom is -0.243 e. The SMILES string of the molecule is C1CCCCCNNNNNNNNNCCCCC1. The van der Waals surface area contributed by atoms with Gasteiger partial charge in [-0.3, -0.25) is 0 Å². The van der Waals surface area contributed by atoms with Crippen LogP contribution in [0.15, 0.2) is 0 Å². The van der Waals surface area contributed by atoms with Gasteiger partial charge < -0.3 is 0 Å². The second-order valence-electron chi connectivity index (χ2n) is 4.91. The van der Waals surface area contributed by atoms with E-state index < -0.39 is 0 Å². The van der Waals surface area contributed by atoms with Crippen LogP contribution in [0.25, 0.3) is 0 Å². The van der Waals surface area contributed by atoms with Gasteiger partial charge in [-0.1, -0.05) is 44.9 Å². The Hall–Kier alpha value is -0.360. The van der Waals surface area contributed by atoms with E-state index in [1.165, 1.54) is 57.8 Å². The van der Waals surface area contributed by atoms with Crippen LogP contribution >= 0.6 is 0 Å². The zero-order valence-corrected chi connectivity index (χ0v) is 12.3. The Kier molecular flexibility index (Phi) is 13.3. The van der Waals surface area contributed by atoms with Crippen LogP contribution in [0.2, 0.25) is 0 Å². The van der Waals surface area contributed by atoms with Gasteiger partial charge in [0.25, 0.3) is 0 Å². The van der Waals surface area contributed by atoms with E-state index in [1.54, 1.807) is 0 Å². The summed E-state index contributed by atoms with van der Waals surface area (Å²) >= 11 is 0. The second-order valence-corrected chi connectivity index (χ2v) is 4.91. The molecular formula is C11H31N9. The van der Waals surface area contributed by atoms with Gasteiger partial charge in [0, 0.05) is 13.1 Å². The van der Waals surface area contributed by atoms with Gasteiger partial charge in [-0.25, -0.2) is 10.9 Å². The second kappa shape index (κ2) is 15.0. The summed E-state index contributed by atoms with van der Waals surface area (Å²) in [4.78, 5) is 0. The molecule has 0 aliphatic carbocycles. The van der Waals surface area contributed by atoms with Crippen molar-refractivity contribution in [3.05, 3.63) is 0 Å². The molecule has 9 nitrogen and oxygen atoms in total. The maximum Gasteiger partial charge on any atom is 0.0113 e. The topological polar surface area (TPSA) is 108 Å². The molecule has 1 heterocycles. The molecule has 0 bridgehead atoms. The Bertz CT molecular complexity index is 106. The van der Waals surface area contributed by atoms with Gasteiger partial charge in [0.1, 0.15) is 0 Å². The fourth-order valence-corrected chi connectivity index (χ4v) is 2.03. The Morgan fingerprint density at radius 1 is 0.300 bits per heavy atom. The zero-order valence-electron chi connectivity index (χ0n) is 12.3. The molecule has 0 spiro atoms. The fourth-order valence-electron chi connectivity index (χ4n) is 2.03. The lowest BCUT2D eigenvalue weighted by Gasteiger charge is -2.13. The van der Waals surface area contributed by atoms with E-state index in [0.29, 0.717) is 0 Å². The van der Waals surface area contributed by atoms with Crippen molar-refractivity contribution in [2.75, 3.05) is 13.1 Å². The summed E-state index contributed by atoms with van der Waals surface area (Å²) in [6, 6.07) is 0. The summed E-state index contributed by atoms with van der Waals surface area (Å²) in [5, 5.41) is 0. The van der Waals surface area contributed by atoms with Gasteiger partial charge in [-0.15, -0.1) is 0 Å². The third-order valence-electron chi connectivity index (χ3n) is 3.16. The van der Waals surface area contributed by atoms with Gasteiger partial charge in [0.2, 0.25) is 0 Å². The average Bonchev–Trinajstić information content (AvgIpc) is 2.46. The van der Waals surface area contributed by atoms with Crippen LogP contribution in [0.3, 0.4) is 0 Å². The molecule has 0 saturated carbocycles. The highest BCUT2D eigenvalue weighted by atomic mass is 15.9. The van der Waals surface area contributed by atoms with E-state index in [1.807, 2.05) is 0 Å². The van der Waals surface area contributed by atoms with Crippen molar-refractivity contribution in [2.24, 2.45) is 0 Å². The quantitative estimate of drug-likeness (QED) is 0.281. The first-order valence-electron chi connectivity index (χ1n) is 7.71. The average molecular weight is 289 g/mol. The Balaban J connectivity index is 2.00. The molecule has 1 aliphatic rings. The molecule has 0 aromatic carbocycles. The van der Waals surface area contributed by atoms with Crippen molar-refractivity contribution in [3.8, 4) is 0 Å². The number of hydrazine groups is 8. The highest BCUT2D eigenvalue weighted by molar-refractivity contribution is 4.49. The molecule has 0 aromatic rings. The first kappa shape index (κ1) is 17.7. The van der Waals surface area contributed by atoms with Crippen molar-refractivity contribution in [1.29, 1.82) is 0 Å². The number of hydrogen-bond donors (Lipinski definition) is 9. The van der Waals surface area contributed by atoms with Crippen LogP contribution in [0.1, 0.15) is 57.8 Å². The molecule has 0 radical (unpaired) electrons. The normalized spacial score (nSPS) is 24.0. The third-order valence-corrected chi connectivity index (χ3v) is 3.16. The van der Waals surface area contributed by atoms with Crippen LogP contribution in [0.5, 0.6) is 0 Å². The predicted octanol–water partition coefficient (Wildman–Crippen LogP) is -0.863. The van der Waals surface area contributed by atoms with Gasteiger partial charge in [0.15, 0.2) is 0 Å². The maximum atomic E-state index is 3.07. The lowest BCUT2D eigenvalue weighted by Crippen LogP contribution is -2.64. The Morgan fingerprint density at radius 2 is 0.600 bits per heavy atom. The monoisotopic (exact) mass is 289 g/mol. The summed E-state index contributed by atoms with van der Waals surface area (Å²) in [6.45, 7) is 1.90. The first-order chi connectivity index (χ1) is 10.0.